The molecular formula is C26H22BrF2N5O4. The van der Waals surface area contributed by atoms with E-state index in [0.717, 1.165) is 6.07 Å². The van der Waals surface area contributed by atoms with E-state index in [2.05, 4.69) is 20.9 Å². The van der Waals surface area contributed by atoms with E-state index in [1.165, 1.54) is 29.8 Å². The molecule has 1 unspecified atom stereocenters. The van der Waals surface area contributed by atoms with Crippen LogP contribution in [0.5, 0.6) is 5.75 Å². The topological polar surface area (TPSA) is 105 Å². The molecule has 1 aliphatic rings. The number of phenolic OH excluding ortho intramolecular Hbond substituents is 1. The SMILES string of the molecule is Cn1c(=O)c([N+](=O)[O-])c(N2CCN(C(c3ccc(F)cc3)c3cccc(F)c3O)CC2)c2nc(Br)ccc21. The first-order valence-corrected chi connectivity index (χ1v) is 12.5. The van der Waals surface area contributed by atoms with E-state index in [-0.39, 0.29) is 18.8 Å². The van der Waals surface area contributed by atoms with Crippen molar-refractivity contribution in [2.24, 2.45) is 7.05 Å². The van der Waals surface area contributed by atoms with Crippen LogP contribution < -0.4 is 10.5 Å². The number of pyridine rings is 2. The van der Waals surface area contributed by atoms with Crippen LogP contribution >= 0.6 is 15.9 Å². The highest BCUT2D eigenvalue weighted by Crippen LogP contribution is 2.38. The fourth-order valence-corrected chi connectivity index (χ4v) is 5.32. The summed E-state index contributed by atoms with van der Waals surface area (Å²) in [6.07, 6.45) is 0. The Morgan fingerprint density at radius 2 is 1.74 bits per heavy atom. The minimum Gasteiger partial charge on any atom is -0.505 e. The summed E-state index contributed by atoms with van der Waals surface area (Å²) in [7, 11) is 1.47. The number of anilines is 1. The molecule has 0 saturated carbocycles. The van der Waals surface area contributed by atoms with Crippen molar-refractivity contribution in [1.82, 2.24) is 14.5 Å². The van der Waals surface area contributed by atoms with Crippen molar-refractivity contribution in [3.8, 4) is 5.75 Å². The van der Waals surface area contributed by atoms with Crippen LogP contribution in [0.3, 0.4) is 0 Å². The lowest BCUT2D eigenvalue weighted by Gasteiger charge is -2.40. The van der Waals surface area contributed by atoms with Gasteiger partial charge in [-0.05, 0) is 51.8 Å². The molecule has 0 aliphatic carbocycles. The second-order valence-corrected chi connectivity index (χ2v) is 9.79. The summed E-state index contributed by atoms with van der Waals surface area (Å²) < 4.78 is 29.7. The van der Waals surface area contributed by atoms with Gasteiger partial charge < -0.3 is 14.6 Å². The Balaban J connectivity index is 1.55. The lowest BCUT2D eigenvalue weighted by molar-refractivity contribution is -0.385. The van der Waals surface area contributed by atoms with Crippen molar-refractivity contribution in [3.05, 3.63) is 102 Å². The van der Waals surface area contributed by atoms with Crippen molar-refractivity contribution >= 4 is 38.3 Å². The van der Waals surface area contributed by atoms with Crippen molar-refractivity contribution in [2.75, 3.05) is 31.1 Å². The van der Waals surface area contributed by atoms with Crippen LogP contribution in [0, 0.1) is 21.7 Å². The van der Waals surface area contributed by atoms with Crippen LogP contribution in [0.15, 0.2) is 64.0 Å². The minimum absolute atomic E-state index is 0.140. The Kier molecular flexibility index (Phi) is 6.84. The second-order valence-electron chi connectivity index (χ2n) is 8.97. The van der Waals surface area contributed by atoms with Gasteiger partial charge in [-0.15, -0.1) is 0 Å². The average molecular weight is 586 g/mol. The van der Waals surface area contributed by atoms with Gasteiger partial charge in [0.2, 0.25) is 0 Å². The maximum atomic E-state index is 14.3. The van der Waals surface area contributed by atoms with Gasteiger partial charge in [0, 0.05) is 38.8 Å². The van der Waals surface area contributed by atoms with E-state index >= 15 is 0 Å². The molecule has 1 fully saturated rings. The second kappa shape index (κ2) is 10.1. The molecule has 1 atom stereocenters. The lowest BCUT2D eigenvalue weighted by Crippen LogP contribution is -2.48. The third-order valence-corrected chi connectivity index (χ3v) is 7.28. The summed E-state index contributed by atoms with van der Waals surface area (Å²) in [6.45, 7) is 1.26. The zero-order chi connectivity index (χ0) is 27.1. The van der Waals surface area contributed by atoms with E-state index in [1.54, 1.807) is 35.2 Å². The van der Waals surface area contributed by atoms with Crippen LogP contribution in [0.1, 0.15) is 17.2 Å². The Hall–Kier alpha value is -3.90. The monoisotopic (exact) mass is 585 g/mol. The van der Waals surface area contributed by atoms with Gasteiger partial charge >= 0.3 is 11.2 Å². The quantitative estimate of drug-likeness (QED) is 0.209. The Morgan fingerprint density at radius 1 is 1.05 bits per heavy atom. The number of fused-ring (bicyclic) bond motifs is 1. The molecule has 2 aromatic carbocycles. The first-order chi connectivity index (χ1) is 18.2. The molecule has 5 rings (SSSR count). The van der Waals surface area contributed by atoms with Gasteiger partial charge in [0.1, 0.15) is 15.9 Å². The number of benzene rings is 2. The molecule has 9 nitrogen and oxygen atoms in total. The van der Waals surface area contributed by atoms with Crippen LogP contribution in [0.2, 0.25) is 0 Å². The summed E-state index contributed by atoms with van der Waals surface area (Å²) in [5, 5.41) is 22.6. The number of halogens is 3. The Bertz CT molecular complexity index is 1600. The highest BCUT2D eigenvalue weighted by molar-refractivity contribution is 9.10. The molecule has 0 bridgehead atoms. The molecule has 3 heterocycles. The van der Waals surface area contributed by atoms with Crippen molar-refractivity contribution in [2.45, 2.75) is 6.04 Å². The first kappa shape index (κ1) is 25.7. The fourth-order valence-electron chi connectivity index (χ4n) is 5.01. The molecule has 0 radical (unpaired) electrons. The van der Waals surface area contributed by atoms with Gasteiger partial charge in [0.15, 0.2) is 17.3 Å². The molecule has 1 aliphatic heterocycles. The summed E-state index contributed by atoms with van der Waals surface area (Å²) in [5.41, 5.74) is 0.586. The zero-order valence-electron chi connectivity index (χ0n) is 20.1. The molecule has 38 heavy (non-hydrogen) atoms. The first-order valence-electron chi connectivity index (χ1n) is 11.7. The highest BCUT2D eigenvalue weighted by atomic mass is 79.9. The van der Waals surface area contributed by atoms with Gasteiger partial charge in [-0.2, -0.15) is 0 Å². The molecule has 4 aromatic rings. The predicted molar refractivity (Wildman–Crippen MR) is 141 cm³/mol. The molecule has 1 saturated heterocycles. The van der Waals surface area contributed by atoms with Crippen LogP contribution in [-0.4, -0.2) is 50.7 Å². The summed E-state index contributed by atoms with van der Waals surface area (Å²) >= 11 is 3.32. The summed E-state index contributed by atoms with van der Waals surface area (Å²) in [5.74, 6) is -1.69. The predicted octanol–water partition coefficient (Wildman–Crippen LogP) is 4.50. The molecule has 196 valence electrons. The summed E-state index contributed by atoms with van der Waals surface area (Å²) in [6, 6.07) is 12.8. The number of aromatic hydroxyl groups is 1. The van der Waals surface area contributed by atoms with Gasteiger partial charge in [-0.25, -0.2) is 13.8 Å². The summed E-state index contributed by atoms with van der Waals surface area (Å²) in [4.78, 5) is 32.5. The molecule has 12 heteroatoms. The van der Waals surface area contributed by atoms with Crippen molar-refractivity contribution < 1.29 is 18.8 Å². The Labute approximate surface area is 223 Å². The van der Waals surface area contributed by atoms with Gasteiger partial charge in [-0.3, -0.25) is 19.8 Å². The Morgan fingerprint density at radius 3 is 2.39 bits per heavy atom. The van der Waals surface area contributed by atoms with E-state index < -0.39 is 39.6 Å². The third kappa shape index (κ3) is 4.50. The van der Waals surface area contributed by atoms with E-state index in [9.17, 15) is 28.8 Å². The van der Waals surface area contributed by atoms with Crippen LogP contribution in [0.4, 0.5) is 20.2 Å². The molecule has 0 spiro atoms. The van der Waals surface area contributed by atoms with Gasteiger partial charge in [-0.1, -0.05) is 24.3 Å². The van der Waals surface area contributed by atoms with E-state index in [1.807, 2.05) is 4.90 Å². The van der Waals surface area contributed by atoms with Crippen LogP contribution in [-0.2, 0) is 7.05 Å². The largest absolute Gasteiger partial charge is 0.505 e. The number of hydrogen-bond donors (Lipinski definition) is 1. The zero-order valence-corrected chi connectivity index (χ0v) is 21.7. The minimum atomic E-state index is -0.771. The number of para-hydroxylation sites is 1. The number of hydrogen-bond acceptors (Lipinski definition) is 7. The molecule has 2 aromatic heterocycles. The molecule has 1 N–H and O–H groups in total. The lowest BCUT2D eigenvalue weighted by atomic mass is 9.95. The van der Waals surface area contributed by atoms with Gasteiger partial charge in [0.25, 0.3) is 0 Å². The highest BCUT2D eigenvalue weighted by Gasteiger charge is 2.34. The smallest absolute Gasteiger partial charge is 0.359 e. The standard InChI is InChI=1S/C26H22BrF2N5O4/c1-31-19-9-10-20(27)30-21(19)23(24(26(31)36)34(37)38)33-13-11-32(12-14-33)22(15-5-7-16(28)8-6-15)17-3-2-4-18(29)25(17)35/h2-10,22,35H,11-14H2,1H3. The number of aryl methyl sites for hydroxylation is 1. The molecule has 0 amide bonds. The number of aromatic nitrogens is 2. The van der Waals surface area contributed by atoms with Crippen molar-refractivity contribution in [3.63, 3.8) is 0 Å². The normalized spacial score (nSPS) is 15.1. The van der Waals surface area contributed by atoms with Gasteiger partial charge in [0.05, 0.1) is 16.5 Å². The third-order valence-electron chi connectivity index (χ3n) is 6.83. The fraction of sp³-hybridized carbons (Fsp3) is 0.231. The average Bonchev–Trinajstić information content (AvgIpc) is 2.90. The van der Waals surface area contributed by atoms with Crippen molar-refractivity contribution in [1.29, 1.82) is 0 Å². The number of rotatable bonds is 5. The van der Waals surface area contributed by atoms with E-state index in [0.29, 0.717) is 39.9 Å². The maximum absolute atomic E-state index is 14.3. The number of nitro groups is 1. The number of piperazine rings is 1. The maximum Gasteiger partial charge on any atom is 0.359 e. The van der Waals surface area contributed by atoms with Crippen LogP contribution in [0.25, 0.3) is 11.0 Å². The van der Waals surface area contributed by atoms with E-state index in [4.69, 9.17) is 0 Å². The molecular weight excluding hydrogens is 564 g/mol. The number of phenols is 1. The number of nitrogens with zero attached hydrogens (tertiary/aromatic N) is 5.